The topological polar surface area (TPSA) is 29.1 Å². The highest BCUT2D eigenvalue weighted by Crippen LogP contribution is 2.37. The largest absolute Gasteiger partial charge is 0.322 e. The zero-order valence-corrected chi connectivity index (χ0v) is 11.7. The van der Waals surface area contributed by atoms with Crippen molar-refractivity contribution in [2.75, 3.05) is 5.32 Å². The van der Waals surface area contributed by atoms with Gasteiger partial charge in [-0.25, -0.2) is 0 Å². The lowest BCUT2D eigenvalue weighted by atomic mass is 10.1. The van der Waals surface area contributed by atoms with Crippen LogP contribution in [0.3, 0.4) is 0 Å². The van der Waals surface area contributed by atoms with Crippen molar-refractivity contribution in [1.82, 2.24) is 0 Å². The number of carbonyl (C=O) groups is 1. The summed E-state index contributed by atoms with van der Waals surface area (Å²) >= 11 is 0. The molecule has 0 bridgehead atoms. The average Bonchev–Trinajstić information content (AvgIpc) is 2.76. The van der Waals surface area contributed by atoms with Gasteiger partial charge in [-0.05, 0) is 54.7 Å². The molecule has 2 nitrogen and oxygen atoms in total. The van der Waals surface area contributed by atoms with Crippen LogP contribution in [0.15, 0.2) is 54.1 Å². The maximum absolute atomic E-state index is 11.8. The van der Waals surface area contributed by atoms with Gasteiger partial charge in [-0.1, -0.05) is 35.9 Å². The molecule has 100 valence electrons. The van der Waals surface area contributed by atoms with Gasteiger partial charge in [0.2, 0.25) is 5.91 Å². The quantitative estimate of drug-likeness (QED) is 0.691. The molecule has 0 saturated carbocycles. The Labute approximate surface area is 119 Å². The molecular weight excluding hydrogens is 246 g/mol. The standard InChI is InChI=1S/C18H17NO/c1-12(2)9-18(20)19-15-8-7-14-10-13-5-3-4-6-16(13)17(14)11-15/h3-9,11H,10H2,1-2H3,(H,19,20). The summed E-state index contributed by atoms with van der Waals surface area (Å²) < 4.78 is 0. The van der Waals surface area contributed by atoms with Crippen LogP contribution in [0.4, 0.5) is 5.69 Å². The fraction of sp³-hybridized carbons (Fsp3) is 0.167. The first-order valence-corrected chi connectivity index (χ1v) is 6.80. The fourth-order valence-corrected chi connectivity index (χ4v) is 2.64. The van der Waals surface area contributed by atoms with Crippen molar-refractivity contribution in [2.45, 2.75) is 20.3 Å². The second-order valence-corrected chi connectivity index (χ2v) is 5.42. The third-order valence-corrected chi connectivity index (χ3v) is 3.49. The molecule has 0 atom stereocenters. The van der Waals surface area contributed by atoms with Gasteiger partial charge in [0, 0.05) is 11.8 Å². The molecule has 0 fully saturated rings. The SMILES string of the molecule is CC(C)=CC(=O)Nc1ccc2c(c1)-c1ccccc1C2. The van der Waals surface area contributed by atoms with Crippen molar-refractivity contribution in [1.29, 1.82) is 0 Å². The minimum absolute atomic E-state index is 0.0729. The predicted octanol–water partition coefficient (Wildman–Crippen LogP) is 4.16. The molecule has 0 saturated heterocycles. The van der Waals surface area contributed by atoms with E-state index in [1.807, 2.05) is 19.9 Å². The summed E-state index contributed by atoms with van der Waals surface area (Å²) in [5.41, 5.74) is 7.04. The van der Waals surface area contributed by atoms with Crippen molar-refractivity contribution in [3.8, 4) is 11.1 Å². The monoisotopic (exact) mass is 263 g/mol. The van der Waals surface area contributed by atoms with Crippen LogP contribution in [0.5, 0.6) is 0 Å². The minimum Gasteiger partial charge on any atom is -0.322 e. The summed E-state index contributed by atoms with van der Waals surface area (Å²) in [6.45, 7) is 3.83. The molecule has 0 heterocycles. The molecule has 1 amide bonds. The normalized spacial score (nSPS) is 11.5. The Morgan fingerprint density at radius 2 is 1.80 bits per heavy atom. The Balaban J connectivity index is 1.92. The maximum Gasteiger partial charge on any atom is 0.248 e. The van der Waals surface area contributed by atoms with E-state index >= 15 is 0 Å². The minimum atomic E-state index is -0.0729. The second-order valence-electron chi connectivity index (χ2n) is 5.42. The van der Waals surface area contributed by atoms with E-state index in [0.717, 1.165) is 17.7 Å². The molecule has 0 radical (unpaired) electrons. The number of hydrogen-bond acceptors (Lipinski definition) is 1. The fourth-order valence-electron chi connectivity index (χ4n) is 2.64. The first kappa shape index (κ1) is 12.7. The zero-order valence-electron chi connectivity index (χ0n) is 11.7. The molecule has 1 aliphatic rings. The van der Waals surface area contributed by atoms with E-state index in [2.05, 4.69) is 41.7 Å². The molecule has 1 aliphatic carbocycles. The Kier molecular flexibility index (Phi) is 3.15. The summed E-state index contributed by atoms with van der Waals surface area (Å²) in [7, 11) is 0. The van der Waals surface area contributed by atoms with Gasteiger partial charge in [-0.2, -0.15) is 0 Å². The molecule has 0 spiro atoms. The Morgan fingerprint density at radius 3 is 2.60 bits per heavy atom. The van der Waals surface area contributed by atoms with Crippen LogP contribution >= 0.6 is 0 Å². The number of allylic oxidation sites excluding steroid dienone is 1. The molecule has 3 rings (SSSR count). The van der Waals surface area contributed by atoms with Crippen molar-refractivity contribution in [3.05, 3.63) is 65.2 Å². The lowest BCUT2D eigenvalue weighted by molar-refractivity contribution is -0.111. The van der Waals surface area contributed by atoms with Crippen LogP contribution < -0.4 is 5.32 Å². The van der Waals surface area contributed by atoms with Gasteiger partial charge in [-0.3, -0.25) is 4.79 Å². The van der Waals surface area contributed by atoms with Crippen molar-refractivity contribution >= 4 is 11.6 Å². The van der Waals surface area contributed by atoms with Gasteiger partial charge >= 0.3 is 0 Å². The van der Waals surface area contributed by atoms with Gasteiger partial charge in [0.15, 0.2) is 0 Å². The highest BCUT2D eigenvalue weighted by Gasteiger charge is 2.17. The van der Waals surface area contributed by atoms with Gasteiger partial charge in [0.25, 0.3) is 0 Å². The number of anilines is 1. The van der Waals surface area contributed by atoms with Gasteiger partial charge in [0.05, 0.1) is 0 Å². The smallest absolute Gasteiger partial charge is 0.248 e. The maximum atomic E-state index is 11.8. The number of amides is 1. The molecule has 20 heavy (non-hydrogen) atoms. The Morgan fingerprint density at radius 1 is 1.05 bits per heavy atom. The van der Waals surface area contributed by atoms with E-state index in [1.54, 1.807) is 6.08 Å². The van der Waals surface area contributed by atoms with Gasteiger partial charge < -0.3 is 5.32 Å². The lowest BCUT2D eigenvalue weighted by Crippen LogP contribution is -2.08. The van der Waals surface area contributed by atoms with E-state index < -0.39 is 0 Å². The van der Waals surface area contributed by atoms with Crippen LogP contribution in [0.25, 0.3) is 11.1 Å². The van der Waals surface area contributed by atoms with E-state index in [1.165, 1.54) is 22.3 Å². The molecule has 0 unspecified atom stereocenters. The Hall–Kier alpha value is -2.35. The van der Waals surface area contributed by atoms with Crippen LogP contribution in [0.1, 0.15) is 25.0 Å². The highest BCUT2D eigenvalue weighted by molar-refractivity contribution is 6.00. The van der Waals surface area contributed by atoms with E-state index in [0.29, 0.717) is 0 Å². The highest BCUT2D eigenvalue weighted by atomic mass is 16.1. The Bertz CT molecular complexity index is 709. The summed E-state index contributed by atoms with van der Waals surface area (Å²) in [4.78, 5) is 11.8. The number of benzene rings is 2. The van der Waals surface area contributed by atoms with Crippen LogP contribution in [0, 0.1) is 0 Å². The van der Waals surface area contributed by atoms with Gasteiger partial charge in [0.1, 0.15) is 0 Å². The third-order valence-electron chi connectivity index (χ3n) is 3.49. The van der Waals surface area contributed by atoms with Crippen molar-refractivity contribution < 1.29 is 4.79 Å². The van der Waals surface area contributed by atoms with E-state index in [4.69, 9.17) is 0 Å². The molecule has 1 N–H and O–H groups in total. The summed E-state index contributed by atoms with van der Waals surface area (Å²) in [5, 5.41) is 2.92. The molecule has 0 aliphatic heterocycles. The number of nitrogens with one attached hydrogen (secondary N) is 1. The molecular formula is C18H17NO. The first-order chi connectivity index (χ1) is 9.63. The van der Waals surface area contributed by atoms with Crippen molar-refractivity contribution in [3.63, 3.8) is 0 Å². The third kappa shape index (κ3) is 2.37. The van der Waals surface area contributed by atoms with Crippen molar-refractivity contribution in [2.24, 2.45) is 0 Å². The van der Waals surface area contributed by atoms with Gasteiger partial charge in [-0.15, -0.1) is 0 Å². The molecule has 2 aromatic rings. The number of fused-ring (bicyclic) bond motifs is 3. The number of hydrogen-bond donors (Lipinski definition) is 1. The second kappa shape index (κ2) is 4.97. The van der Waals surface area contributed by atoms with Crippen LogP contribution in [-0.2, 0) is 11.2 Å². The summed E-state index contributed by atoms with van der Waals surface area (Å²) in [5.74, 6) is -0.0729. The van der Waals surface area contributed by atoms with Crippen LogP contribution in [0.2, 0.25) is 0 Å². The first-order valence-electron chi connectivity index (χ1n) is 6.80. The predicted molar refractivity (Wildman–Crippen MR) is 82.7 cm³/mol. The summed E-state index contributed by atoms with van der Waals surface area (Å²) in [6, 6.07) is 14.6. The number of carbonyl (C=O) groups excluding carboxylic acids is 1. The molecule has 2 heteroatoms. The molecule has 2 aromatic carbocycles. The summed E-state index contributed by atoms with van der Waals surface area (Å²) in [6.07, 6.45) is 2.59. The zero-order chi connectivity index (χ0) is 14.1. The van der Waals surface area contributed by atoms with E-state index in [-0.39, 0.29) is 5.91 Å². The lowest BCUT2D eigenvalue weighted by Gasteiger charge is -2.06. The molecule has 0 aromatic heterocycles. The van der Waals surface area contributed by atoms with Crippen LogP contribution in [-0.4, -0.2) is 5.91 Å². The van der Waals surface area contributed by atoms with E-state index in [9.17, 15) is 4.79 Å². The average molecular weight is 263 g/mol. The number of rotatable bonds is 2.